The topological polar surface area (TPSA) is 46.6 Å². The molecule has 0 fully saturated rings. The average molecular weight is 275 g/mol. The molecule has 1 aliphatic heterocycles. The largest absolute Gasteiger partial charge is 0.446 e. The van der Waals surface area contributed by atoms with Gasteiger partial charge in [0, 0.05) is 18.5 Å². The highest BCUT2D eigenvalue weighted by Gasteiger charge is 2.28. The summed E-state index contributed by atoms with van der Waals surface area (Å²) in [5.74, 6) is 0.1000. The Hall–Kier alpha value is -1.84. The van der Waals surface area contributed by atoms with Crippen molar-refractivity contribution < 1.29 is 14.3 Å². The number of carbonyl (C=O) groups excluding carboxylic acids is 2. The summed E-state index contributed by atoms with van der Waals surface area (Å²) in [5.41, 5.74) is 3.39. The van der Waals surface area contributed by atoms with Gasteiger partial charge in [0.1, 0.15) is 0 Å². The molecule has 0 saturated heterocycles. The van der Waals surface area contributed by atoms with Crippen LogP contribution < -0.4 is 4.90 Å². The van der Waals surface area contributed by atoms with E-state index in [0.717, 1.165) is 16.8 Å². The van der Waals surface area contributed by atoms with Crippen LogP contribution in [0.1, 0.15) is 48.2 Å². The first-order valence-corrected chi connectivity index (χ1v) is 7.03. The van der Waals surface area contributed by atoms with Crippen molar-refractivity contribution in [1.29, 1.82) is 0 Å². The number of carbonyl (C=O) groups is 2. The normalized spacial score (nSPS) is 15.1. The van der Waals surface area contributed by atoms with Crippen molar-refractivity contribution in [3.8, 4) is 0 Å². The van der Waals surface area contributed by atoms with Gasteiger partial charge in [-0.3, -0.25) is 9.69 Å². The minimum absolute atomic E-state index is 0.1000. The van der Waals surface area contributed by atoms with Gasteiger partial charge in [-0.2, -0.15) is 0 Å². The number of benzene rings is 1. The summed E-state index contributed by atoms with van der Waals surface area (Å²) in [6.45, 7) is 8.10. The van der Waals surface area contributed by atoms with Gasteiger partial charge in [-0.05, 0) is 51.3 Å². The summed E-state index contributed by atoms with van der Waals surface area (Å²) < 4.78 is 5.31. The third-order valence-electron chi connectivity index (χ3n) is 3.61. The molecule has 1 heterocycles. The molecule has 4 nitrogen and oxygen atoms in total. The van der Waals surface area contributed by atoms with E-state index in [0.29, 0.717) is 24.9 Å². The van der Waals surface area contributed by atoms with Crippen molar-refractivity contribution in [1.82, 2.24) is 0 Å². The number of aryl methyl sites for hydroxylation is 1. The maximum atomic E-state index is 12.3. The average Bonchev–Trinajstić information content (AvgIpc) is 2.53. The van der Waals surface area contributed by atoms with Crippen LogP contribution in [0.2, 0.25) is 0 Å². The van der Waals surface area contributed by atoms with Crippen LogP contribution in [-0.2, 0) is 4.74 Å². The quantitative estimate of drug-likeness (QED) is 0.786. The molecule has 0 aliphatic carbocycles. The molecule has 1 aromatic carbocycles. The van der Waals surface area contributed by atoms with Gasteiger partial charge >= 0.3 is 6.09 Å². The molecular formula is C16H21NO3. The van der Waals surface area contributed by atoms with Crippen LogP contribution >= 0.6 is 0 Å². The highest BCUT2D eigenvalue weighted by Crippen LogP contribution is 2.32. The smallest absolute Gasteiger partial charge is 0.414 e. The number of ketones is 1. The summed E-state index contributed by atoms with van der Waals surface area (Å²) >= 11 is 0. The van der Waals surface area contributed by atoms with Crippen LogP contribution in [0.15, 0.2) is 12.1 Å². The predicted octanol–water partition coefficient (Wildman–Crippen LogP) is 3.63. The first-order valence-electron chi connectivity index (χ1n) is 7.03. The highest BCUT2D eigenvalue weighted by molar-refractivity contribution is 6.06. The van der Waals surface area contributed by atoms with Gasteiger partial charge in [0.15, 0.2) is 5.78 Å². The number of rotatable bonds is 1. The number of Topliss-reactive ketones (excluding diaryl/α,β-unsaturated/α-hetero) is 1. The molecule has 0 saturated carbocycles. The summed E-state index contributed by atoms with van der Waals surface area (Å²) in [5, 5.41) is 0. The Morgan fingerprint density at radius 1 is 1.30 bits per heavy atom. The number of hydrogen-bond acceptors (Lipinski definition) is 3. The van der Waals surface area contributed by atoms with Crippen molar-refractivity contribution in [2.24, 2.45) is 0 Å². The molecule has 0 atom stereocenters. The molecule has 2 rings (SSSR count). The van der Waals surface area contributed by atoms with Crippen LogP contribution in [0.25, 0.3) is 0 Å². The fourth-order valence-electron chi connectivity index (χ4n) is 2.47. The van der Waals surface area contributed by atoms with Gasteiger partial charge < -0.3 is 4.74 Å². The van der Waals surface area contributed by atoms with Gasteiger partial charge in [-0.25, -0.2) is 4.79 Å². The van der Waals surface area contributed by atoms with Crippen molar-refractivity contribution in [2.45, 2.75) is 46.6 Å². The molecule has 0 unspecified atom stereocenters. The number of amides is 1. The van der Waals surface area contributed by atoms with E-state index in [1.165, 1.54) is 0 Å². The van der Waals surface area contributed by atoms with Crippen molar-refractivity contribution in [3.63, 3.8) is 0 Å². The Kier molecular flexibility index (Phi) is 4.12. The van der Waals surface area contributed by atoms with Gasteiger partial charge in [0.2, 0.25) is 0 Å². The maximum Gasteiger partial charge on any atom is 0.414 e. The number of fused-ring (bicyclic) bond motifs is 1. The van der Waals surface area contributed by atoms with Gasteiger partial charge in [0.25, 0.3) is 0 Å². The molecule has 0 spiro atoms. The molecule has 0 N–H and O–H groups in total. The zero-order valence-electron chi connectivity index (χ0n) is 12.5. The van der Waals surface area contributed by atoms with E-state index >= 15 is 0 Å². The molecule has 1 aliphatic rings. The minimum atomic E-state index is -0.371. The van der Waals surface area contributed by atoms with Gasteiger partial charge in [-0.1, -0.05) is 6.07 Å². The summed E-state index contributed by atoms with van der Waals surface area (Å²) in [4.78, 5) is 26.1. The fraction of sp³-hybridized carbons (Fsp3) is 0.500. The summed E-state index contributed by atoms with van der Waals surface area (Å²) in [6, 6.07) is 3.75. The van der Waals surface area contributed by atoms with E-state index in [2.05, 4.69) is 0 Å². The lowest BCUT2D eigenvalue weighted by Crippen LogP contribution is -2.34. The zero-order chi connectivity index (χ0) is 14.9. The lowest BCUT2D eigenvalue weighted by molar-refractivity contribution is 0.0983. The lowest BCUT2D eigenvalue weighted by atomic mass is 9.99. The third kappa shape index (κ3) is 2.69. The molecule has 108 valence electrons. The van der Waals surface area contributed by atoms with E-state index in [1.807, 2.05) is 39.8 Å². The van der Waals surface area contributed by atoms with Crippen LogP contribution in [0, 0.1) is 13.8 Å². The van der Waals surface area contributed by atoms with Crippen molar-refractivity contribution >= 4 is 17.6 Å². The predicted molar refractivity (Wildman–Crippen MR) is 78.4 cm³/mol. The Morgan fingerprint density at radius 3 is 2.65 bits per heavy atom. The molecule has 4 heteroatoms. The van der Waals surface area contributed by atoms with Crippen LogP contribution in [0.4, 0.5) is 10.5 Å². The van der Waals surface area contributed by atoms with E-state index in [4.69, 9.17) is 4.74 Å². The fourth-order valence-corrected chi connectivity index (χ4v) is 2.47. The first kappa shape index (κ1) is 14.6. The zero-order valence-corrected chi connectivity index (χ0v) is 12.5. The number of anilines is 1. The summed E-state index contributed by atoms with van der Waals surface area (Å²) in [7, 11) is 0. The van der Waals surface area contributed by atoms with E-state index in [9.17, 15) is 9.59 Å². The standard InChI is InChI=1S/C16H21NO3/c1-10(2)20-16(19)17-9-5-6-14(18)13-8-7-11(3)12(4)15(13)17/h7-8,10H,5-6,9H2,1-4H3. The number of nitrogens with zero attached hydrogens (tertiary/aromatic N) is 1. The van der Waals surface area contributed by atoms with Crippen molar-refractivity contribution in [3.05, 3.63) is 28.8 Å². The Bertz CT molecular complexity index is 549. The highest BCUT2D eigenvalue weighted by atomic mass is 16.6. The van der Waals surface area contributed by atoms with E-state index < -0.39 is 0 Å². The van der Waals surface area contributed by atoms with Crippen molar-refractivity contribution in [2.75, 3.05) is 11.4 Å². The number of hydrogen-bond donors (Lipinski definition) is 0. The SMILES string of the molecule is Cc1ccc2c(c1C)N(C(=O)OC(C)C)CCCC2=O. The van der Waals surface area contributed by atoms with Crippen LogP contribution in [0.3, 0.4) is 0 Å². The molecule has 1 amide bonds. The molecule has 0 radical (unpaired) electrons. The molecule has 20 heavy (non-hydrogen) atoms. The lowest BCUT2D eigenvalue weighted by Gasteiger charge is -2.25. The van der Waals surface area contributed by atoms with Gasteiger partial charge in [0.05, 0.1) is 11.8 Å². The second kappa shape index (κ2) is 5.65. The monoisotopic (exact) mass is 275 g/mol. The molecule has 1 aromatic rings. The molecular weight excluding hydrogens is 254 g/mol. The second-order valence-corrected chi connectivity index (χ2v) is 5.51. The van der Waals surface area contributed by atoms with E-state index in [-0.39, 0.29) is 18.0 Å². The Morgan fingerprint density at radius 2 is 2.00 bits per heavy atom. The maximum absolute atomic E-state index is 12.3. The van der Waals surface area contributed by atoms with Gasteiger partial charge in [-0.15, -0.1) is 0 Å². The first-order chi connectivity index (χ1) is 9.41. The van der Waals surface area contributed by atoms with Crippen LogP contribution in [0.5, 0.6) is 0 Å². The van der Waals surface area contributed by atoms with Crippen LogP contribution in [-0.4, -0.2) is 24.5 Å². The second-order valence-electron chi connectivity index (χ2n) is 5.51. The Balaban J connectivity index is 2.51. The molecule has 0 aromatic heterocycles. The minimum Gasteiger partial charge on any atom is -0.446 e. The van der Waals surface area contributed by atoms with E-state index in [1.54, 1.807) is 4.90 Å². The third-order valence-corrected chi connectivity index (χ3v) is 3.61. The Labute approximate surface area is 119 Å². The number of ether oxygens (including phenoxy) is 1. The molecule has 0 bridgehead atoms. The summed E-state index contributed by atoms with van der Waals surface area (Å²) in [6.07, 6.45) is 0.597.